The number of aromatic nitrogens is 1. The molecule has 0 unspecified atom stereocenters. The zero-order valence-corrected chi connectivity index (χ0v) is 20.8. The quantitative estimate of drug-likeness (QED) is 0.308. The van der Waals surface area contributed by atoms with Crippen molar-refractivity contribution in [1.29, 1.82) is 0 Å². The number of benzene rings is 1. The Balaban J connectivity index is 0.00000300. The topological polar surface area (TPSA) is 61.8 Å². The van der Waals surface area contributed by atoms with Gasteiger partial charge in [-0.15, -0.1) is 24.0 Å². The Labute approximate surface area is 198 Å². The van der Waals surface area contributed by atoms with Gasteiger partial charge in [0.25, 0.3) is 0 Å². The van der Waals surface area contributed by atoms with Crippen LogP contribution >= 0.6 is 39.9 Å². The van der Waals surface area contributed by atoms with E-state index in [1.165, 1.54) is 0 Å². The van der Waals surface area contributed by atoms with E-state index in [1.807, 2.05) is 30.5 Å². The monoisotopic (exact) mass is 573 g/mol. The van der Waals surface area contributed by atoms with Gasteiger partial charge in [0.05, 0.1) is 13.7 Å². The maximum Gasteiger partial charge on any atom is 0.191 e. The number of nitrogens with one attached hydrogen (secondary N) is 2. The van der Waals surface area contributed by atoms with E-state index in [4.69, 9.17) is 9.73 Å². The molecule has 0 bridgehead atoms. The Bertz CT molecular complexity index is 782. The minimum atomic E-state index is 0. The first-order valence-corrected chi connectivity index (χ1v) is 10.5. The van der Waals surface area contributed by atoms with Crippen LogP contribution in [-0.4, -0.2) is 43.7 Å². The molecule has 8 heteroatoms. The van der Waals surface area contributed by atoms with E-state index in [-0.39, 0.29) is 24.0 Å². The molecule has 2 N–H and O–H groups in total. The average molecular weight is 574 g/mol. The van der Waals surface area contributed by atoms with Gasteiger partial charge in [0.15, 0.2) is 5.96 Å². The van der Waals surface area contributed by atoms with Gasteiger partial charge in [-0.05, 0) is 50.1 Å². The maximum atomic E-state index is 5.45. The Morgan fingerprint density at radius 2 is 2.07 bits per heavy atom. The van der Waals surface area contributed by atoms with Crippen molar-refractivity contribution in [3.63, 3.8) is 0 Å². The number of halogens is 2. The van der Waals surface area contributed by atoms with Crippen molar-refractivity contribution in [3.8, 4) is 5.75 Å². The Morgan fingerprint density at radius 3 is 2.72 bits per heavy atom. The van der Waals surface area contributed by atoms with Gasteiger partial charge in [-0.3, -0.25) is 0 Å². The average Bonchev–Trinajstić information content (AvgIpc) is 2.73. The number of ether oxygens (including phenoxy) is 1. The van der Waals surface area contributed by atoms with Crippen molar-refractivity contribution in [2.45, 2.75) is 32.4 Å². The number of nitrogens with zero attached hydrogens (tertiary/aromatic N) is 3. The number of methoxy groups -OCH3 is 1. The van der Waals surface area contributed by atoms with Crippen LogP contribution in [0.15, 0.2) is 52.1 Å². The third kappa shape index (κ3) is 7.02. The SMILES string of the molecule is CCNC(=NCc1cc(Br)ccc1OC)NC1CCN(c2ccccn2)CC1.I. The molecule has 1 aliphatic heterocycles. The fourth-order valence-corrected chi connectivity index (χ4v) is 3.75. The summed E-state index contributed by atoms with van der Waals surface area (Å²) in [5.74, 6) is 2.76. The number of aliphatic imine (C=N–C) groups is 1. The van der Waals surface area contributed by atoms with Crippen LogP contribution in [-0.2, 0) is 6.54 Å². The summed E-state index contributed by atoms with van der Waals surface area (Å²) in [5.41, 5.74) is 1.05. The van der Waals surface area contributed by atoms with Crippen molar-refractivity contribution in [2.75, 3.05) is 31.6 Å². The van der Waals surface area contributed by atoms with Crippen LogP contribution in [0.25, 0.3) is 0 Å². The first kappa shape index (κ1) is 23.7. The second-order valence-corrected chi connectivity index (χ2v) is 7.66. The normalized spacial score (nSPS) is 14.9. The molecule has 0 radical (unpaired) electrons. The van der Waals surface area contributed by atoms with Crippen LogP contribution in [0.2, 0.25) is 0 Å². The molecule has 1 aliphatic rings. The van der Waals surface area contributed by atoms with Crippen LogP contribution in [0, 0.1) is 0 Å². The highest BCUT2D eigenvalue weighted by atomic mass is 127. The summed E-state index contributed by atoms with van der Waals surface area (Å²) in [6, 6.07) is 12.5. The van der Waals surface area contributed by atoms with Gasteiger partial charge < -0.3 is 20.3 Å². The van der Waals surface area contributed by atoms with Crippen molar-refractivity contribution >= 4 is 51.7 Å². The number of anilines is 1. The first-order chi connectivity index (χ1) is 13.7. The highest BCUT2D eigenvalue weighted by Gasteiger charge is 2.20. The third-order valence-electron chi connectivity index (χ3n) is 4.80. The van der Waals surface area contributed by atoms with Gasteiger partial charge in [-0.1, -0.05) is 22.0 Å². The van der Waals surface area contributed by atoms with Crippen molar-refractivity contribution in [3.05, 3.63) is 52.6 Å². The predicted molar refractivity (Wildman–Crippen MR) is 134 cm³/mol. The molecule has 0 spiro atoms. The van der Waals surface area contributed by atoms with E-state index < -0.39 is 0 Å². The van der Waals surface area contributed by atoms with Crippen molar-refractivity contribution in [1.82, 2.24) is 15.6 Å². The van der Waals surface area contributed by atoms with Gasteiger partial charge >= 0.3 is 0 Å². The lowest BCUT2D eigenvalue weighted by atomic mass is 10.1. The van der Waals surface area contributed by atoms with Crippen LogP contribution in [0.1, 0.15) is 25.3 Å². The molecular formula is C21H29BrIN5O. The molecule has 29 heavy (non-hydrogen) atoms. The van der Waals surface area contributed by atoms with Crippen LogP contribution in [0.4, 0.5) is 5.82 Å². The zero-order valence-electron chi connectivity index (χ0n) is 16.9. The Hall–Kier alpha value is -1.55. The van der Waals surface area contributed by atoms with E-state index in [9.17, 15) is 0 Å². The van der Waals surface area contributed by atoms with Crippen molar-refractivity contribution < 1.29 is 4.74 Å². The smallest absolute Gasteiger partial charge is 0.191 e. The van der Waals surface area contributed by atoms with E-state index in [2.05, 4.69) is 55.5 Å². The third-order valence-corrected chi connectivity index (χ3v) is 5.30. The summed E-state index contributed by atoms with van der Waals surface area (Å²) >= 11 is 3.52. The lowest BCUT2D eigenvalue weighted by Crippen LogP contribution is -2.48. The maximum absolute atomic E-state index is 5.45. The number of hydrogen-bond donors (Lipinski definition) is 2. The molecule has 6 nitrogen and oxygen atoms in total. The van der Waals surface area contributed by atoms with E-state index in [1.54, 1.807) is 7.11 Å². The van der Waals surface area contributed by atoms with Gasteiger partial charge in [0, 0.05) is 41.9 Å². The summed E-state index contributed by atoms with van der Waals surface area (Å²) < 4.78 is 6.48. The fourth-order valence-electron chi connectivity index (χ4n) is 3.34. The molecule has 1 saturated heterocycles. The summed E-state index contributed by atoms with van der Waals surface area (Å²) in [7, 11) is 1.69. The Kier molecular flexibility index (Phi) is 9.99. The molecule has 158 valence electrons. The lowest BCUT2D eigenvalue weighted by Gasteiger charge is -2.33. The molecule has 3 rings (SSSR count). The molecular weight excluding hydrogens is 545 g/mol. The summed E-state index contributed by atoms with van der Waals surface area (Å²) in [6.07, 6.45) is 3.97. The van der Waals surface area contributed by atoms with E-state index >= 15 is 0 Å². The van der Waals surface area contributed by atoms with Gasteiger partial charge in [0.2, 0.25) is 0 Å². The summed E-state index contributed by atoms with van der Waals surface area (Å²) in [6.45, 7) is 5.46. The highest BCUT2D eigenvalue weighted by Crippen LogP contribution is 2.23. The minimum absolute atomic E-state index is 0. The van der Waals surface area contributed by atoms with Crippen LogP contribution in [0.3, 0.4) is 0 Å². The van der Waals surface area contributed by atoms with Gasteiger partial charge in [-0.2, -0.15) is 0 Å². The summed E-state index contributed by atoms with van der Waals surface area (Å²) in [4.78, 5) is 11.6. The predicted octanol–water partition coefficient (Wildman–Crippen LogP) is 4.19. The lowest BCUT2D eigenvalue weighted by molar-refractivity contribution is 0.409. The second-order valence-electron chi connectivity index (χ2n) is 6.74. The van der Waals surface area contributed by atoms with Crippen LogP contribution < -0.4 is 20.3 Å². The number of hydrogen-bond acceptors (Lipinski definition) is 4. The van der Waals surface area contributed by atoms with Crippen molar-refractivity contribution in [2.24, 2.45) is 4.99 Å². The molecule has 0 amide bonds. The molecule has 0 saturated carbocycles. The molecule has 2 heterocycles. The van der Waals surface area contributed by atoms with Gasteiger partial charge in [-0.25, -0.2) is 9.98 Å². The molecule has 1 aromatic carbocycles. The fraction of sp³-hybridized carbons (Fsp3) is 0.429. The molecule has 1 aromatic heterocycles. The van der Waals surface area contributed by atoms with E-state index in [0.717, 1.165) is 60.0 Å². The minimum Gasteiger partial charge on any atom is -0.496 e. The van der Waals surface area contributed by atoms with Gasteiger partial charge in [0.1, 0.15) is 11.6 Å². The molecule has 0 aliphatic carbocycles. The molecule has 2 aromatic rings. The number of rotatable bonds is 6. The molecule has 1 fully saturated rings. The Morgan fingerprint density at radius 1 is 1.28 bits per heavy atom. The standard InChI is InChI=1S/C21H28BrN5O.HI/c1-3-23-21(25-15-16-14-17(22)7-8-19(16)28-2)26-18-9-12-27(13-10-18)20-6-4-5-11-24-20;/h4-8,11,14,18H,3,9-10,12-13,15H2,1-2H3,(H2,23,25,26);1H. The van der Waals surface area contributed by atoms with E-state index in [0.29, 0.717) is 12.6 Å². The second kappa shape index (κ2) is 12.2. The summed E-state index contributed by atoms with van der Waals surface area (Å²) in [5, 5.41) is 6.95. The first-order valence-electron chi connectivity index (χ1n) is 9.73. The highest BCUT2D eigenvalue weighted by molar-refractivity contribution is 14.0. The number of guanidine groups is 1. The number of pyridine rings is 1. The van der Waals surface area contributed by atoms with Crippen LogP contribution in [0.5, 0.6) is 5.75 Å². The largest absolute Gasteiger partial charge is 0.496 e. The molecule has 0 atom stereocenters. The zero-order chi connectivity index (χ0) is 19.8. The number of piperidine rings is 1.